The lowest BCUT2D eigenvalue weighted by atomic mass is 10.0. The quantitative estimate of drug-likeness (QED) is 0.445. The van der Waals surface area contributed by atoms with Gasteiger partial charge in [0.1, 0.15) is 10.6 Å². The standard InChI is InChI=1S/C20H26N4OS2/c1-4-7-14-12-8-6-9-13(12)15-16-17(27-19(15)22-14)18(21-11(5-2)10-25)24-20(23-16)26-3/h11,25H,4-10H2,1-3H3,(H,21,23,24)/t11-/m1/s1. The first-order valence-corrected chi connectivity index (χ1v) is 11.8. The minimum Gasteiger partial charge on any atom is -0.394 e. The van der Waals surface area contributed by atoms with Gasteiger partial charge in [-0.1, -0.05) is 32.0 Å². The average Bonchev–Trinajstić information content (AvgIpc) is 3.30. The van der Waals surface area contributed by atoms with Crippen LogP contribution in [0.15, 0.2) is 5.16 Å². The van der Waals surface area contributed by atoms with Gasteiger partial charge in [-0.3, -0.25) is 0 Å². The highest BCUT2D eigenvalue weighted by molar-refractivity contribution is 7.98. The second-order valence-corrected chi connectivity index (χ2v) is 8.84. The van der Waals surface area contributed by atoms with Crippen LogP contribution in [0.5, 0.6) is 0 Å². The first kappa shape index (κ1) is 18.9. The van der Waals surface area contributed by atoms with E-state index in [0.717, 1.165) is 58.1 Å². The maximum Gasteiger partial charge on any atom is 0.189 e. The third-order valence-corrected chi connectivity index (χ3v) is 6.95. The predicted molar refractivity (Wildman–Crippen MR) is 115 cm³/mol. The van der Waals surface area contributed by atoms with Crippen LogP contribution < -0.4 is 5.32 Å². The van der Waals surface area contributed by atoms with Crippen molar-refractivity contribution in [1.29, 1.82) is 0 Å². The van der Waals surface area contributed by atoms with E-state index in [4.69, 9.17) is 15.0 Å². The van der Waals surface area contributed by atoms with Crippen molar-refractivity contribution < 1.29 is 5.11 Å². The molecule has 4 rings (SSSR count). The lowest BCUT2D eigenvalue weighted by Crippen LogP contribution is -2.23. The molecule has 0 aromatic carbocycles. The summed E-state index contributed by atoms with van der Waals surface area (Å²) in [5.74, 6) is 0.831. The zero-order valence-electron chi connectivity index (χ0n) is 16.1. The molecule has 0 radical (unpaired) electrons. The second kappa shape index (κ2) is 7.89. The summed E-state index contributed by atoms with van der Waals surface area (Å²) in [6, 6.07) is -0.00246. The van der Waals surface area contributed by atoms with Gasteiger partial charge in [0.25, 0.3) is 0 Å². The van der Waals surface area contributed by atoms with Gasteiger partial charge in [-0.25, -0.2) is 15.0 Å². The maximum atomic E-state index is 9.63. The molecule has 0 aliphatic heterocycles. The van der Waals surface area contributed by atoms with Crippen LogP contribution in [-0.2, 0) is 19.3 Å². The molecule has 3 aromatic rings. The summed E-state index contributed by atoms with van der Waals surface area (Å²) < 4.78 is 1.06. The van der Waals surface area contributed by atoms with Crippen molar-refractivity contribution >= 4 is 49.3 Å². The van der Waals surface area contributed by atoms with Crippen molar-refractivity contribution in [1.82, 2.24) is 15.0 Å². The van der Waals surface area contributed by atoms with E-state index in [1.54, 1.807) is 23.1 Å². The number of thioether (sulfide) groups is 1. The highest BCUT2D eigenvalue weighted by Gasteiger charge is 2.25. The highest BCUT2D eigenvalue weighted by atomic mass is 32.2. The molecule has 0 amide bonds. The van der Waals surface area contributed by atoms with Crippen molar-refractivity contribution in [2.75, 3.05) is 18.2 Å². The minimum atomic E-state index is -0.00246. The molecule has 27 heavy (non-hydrogen) atoms. The molecule has 3 aromatic heterocycles. The fraction of sp³-hybridized carbons (Fsp3) is 0.550. The maximum absolute atomic E-state index is 9.63. The normalized spacial score (nSPS) is 14.8. The smallest absolute Gasteiger partial charge is 0.189 e. The van der Waals surface area contributed by atoms with Gasteiger partial charge >= 0.3 is 0 Å². The number of aromatic nitrogens is 3. The van der Waals surface area contributed by atoms with E-state index in [0.29, 0.717) is 0 Å². The van der Waals surface area contributed by atoms with E-state index in [2.05, 4.69) is 19.2 Å². The first-order valence-electron chi connectivity index (χ1n) is 9.76. The predicted octanol–water partition coefficient (Wildman–Crippen LogP) is 4.59. The summed E-state index contributed by atoms with van der Waals surface area (Å²) in [4.78, 5) is 15.7. The Hall–Kier alpha value is -1.44. The minimum absolute atomic E-state index is 0.00246. The topological polar surface area (TPSA) is 70.9 Å². The van der Waals surface area contributed by atoms with E-state index >= 15 is 0 Å². The van der Waals surface area contributed by atoms with E-state index in [1.807, 2.05) is 6.26 Å². The number of aryl methyl sites for hydroxylation is 2. The monoisotopic (exact) mass is 402 g/mol. The van der Waals surface area contributed by atoms with Crippen molar-refractivity contribution in [3.05, 3.63) is 16.8 Å². The Labute approximate surface area is 168 Å². The van der Waals surface area contributed by atoms with E-state index < -0.39 is 0 Å². The molecule has 0 bridgehead atoms. The third-order valence-electron chi connectivity index (χ3n) is 5.32. The van der Waals surface area contributed by atoms with Crippen molar-refractivity contribution in [3.8, 4) is 0 Å². The van der Waals surface area contributed by atoms with Crippen LogP contribution in [0, 0.1) is 0 Å². The highest BCUT2D eigenvalue weighted by Crippen LogP contribution is 2.42. The van der Waals surface area contributed by atoms with Crippen LogP contribution >= 0.6 is 23.1 Å². The number of rotatable bonds is 7. The number of thiophene rings is 1. The Morgan fingerprint density at radius 3 is 2.70 bits per heavy atom. The molecule has 5 nitrogen and oxygen atoms in total. The van der Waals surface area contributed by atoms with Crippen LogP contribution in [-0.4, -0.2) is 39.0 Å². The molecule has 7 heteroatoms. The Morgan fingerprint density at radius 2 is 2.00 bits per heavy atom. The molecule has 1 aliphatic rings. The lowest BCUT2D eigenvalue weighted by molar-refractivity contribution is 0.271. The Balaban J connectivity index is 1.98. The molecule has 1 aliphatic carbocycles. The van der Waals surface area contributed by atoms with Gasteiger partial charge < -0.3 is 10.4 Å². The van der Waals surface area contributed by atoms with E-state index in [9.17, 15) is 5.11 Å². The zero-order valence-corrected chi connectivity index (χ0v) is 17.8. The van der Waals surface area contributed by atoms with Crippen LogP contribution in [0.2, 0.25) is 0 Å². The molecule has 0 fully saturated rings. The Bertz CT molecular complexity index is 981. The average molecular weight is 403 g/mol. The number of anilines is 1. The number of fused-ring (bicyclic) bond motifs is 5. The van der Waals surface area contributed by atoms with Crippen LogP contribution in [0.3, 0.4) is 0 Å². The van der Waals surface area contributed by atoms with E-state index in [-0.39, 0.29) is 12.6 Å². The first-order chi connectivity index (χ1) is 13.2. The zero-order chi connectivity index (χ0) is 19.0. The fourth-order valence-corrected chi connectivity index (χ4v) is 5.41. The largest absolute Gasteiger partial charge is 0.394 e. The number of aliphatic hydroxyl groups is 1. The lowest BCUT2D eigenvalue weighted by Gasteiger charge is -2.15. The van der Waals surface area contributed by atoms with Crippen LogP contribution in [0.25, 0.3) is 20.4 Å². The van der Waals surface area contributed by atoms with Gasteiger partial charge in [0.15, 0.2) is 5.16 Å². The summed E-state index contributed by atoms with van der Waals surface area (Å²) in [5, 5.41) is 15.1. The number of hydrogen-bond donors (Lipinski definition) is 2. The Morgan fingerprint density at radius 1 is 1.19 bits per heavy atom. The molecule has 2 N–H and O–H groups in total. The van der Waals surface area contributed by atoms with Crippen molar-refractivity contribution in [2.24, 2.45) is 0 Å². The number of hydrogen-bond acceptors (Lipinski definition) is 7. The molecule has 0 saturated carbocycles. The molecule has 144 valence electrons. The van der Waals surface area contributed by atoms with Crippen LogP contribution in [0.4, 0.5) is 5.82 Å². The molecule has 3 heterocycles. The molecular formula is C20H26N4OS2. The molecule has 1 atom stereocenters. The molecule has 0 spiro atoms. The molecular weight excluding hydrogens is 376 g/mol. The van der Waals surface area contributed by atoms with Gasteiger partial charge in [-0.2, -0.15) is 0 Å². The van der Waals surface area contributed by atoms with Gasteiger partial charge in [-0.15, -0.1) is 11.3 Å². The van der Waals surface area contributed by atoms with Gasteiger partial charge in [0.05, 0.1) is 22.9 Å². The van der Waals surface area contributed by atoms with Crippen LogP contribution in [0.1, 0.15) is 49.9 Å². The summed E-state index contributed by atoms with van der Waals surface area (Å²) in [5.41, 5.74) is 5.22. The summed E-state index contributed by atoms with van der Waals surface area (Å²) in [6.45, 7) is 4.38. The molecule has 0 saturated heterocycles. The summed E-state index contributed by atoms with van der Waals surface area (Å²) in [6.07, 6.45) is 8.47. The SMILES string of the molecule is CCCc1nc2sc3c(N[C@H](CC)CO)nc(SC)nc3c2c2c1CCC2. The molecule has 0 unspecified atom stereocenters. The second-order valence-electron chi connectivity index (χ2n) is 7.07. The van der Waals surface area contributed by atoms with Gasteiger partial charge in [0, 0.05) is 11.1 Å². The van der Waals surface area contributed by atoms with Crippen molar-refractivity contribution in [3.63, 3.8) is 0 Å². The number of pyridine rings is 1. The van der Waals surface area contributed by atoms with Crippen molar-refractivity contribution in [2.45, 2.75) is 63.6 Å². The van der Waals surface area contributed by atoms with Gasteiger partial charge in [0.2, 0.25) is 0 Å². The fourth-order valence-electron chi connectivity index (χ4n) is 3.93. The summed E-state index contributed by atoms with van der Waals surface area (Å²) >= 11 is 3.24. The third kappa shape index (κ3) is 3.30. The number of aliphatic hydroxyl groups excluding tert-OH is 1. The number of nitrogens with zero attached hydrogens (tertiary/aromatic N) is 3. The van der Waals surface area contributed by atoms with E-state index in [1.165, 1.54) is 28.6 Å². The summed E-state index contributed by atoms with van der Waals surface area (Å²) in [7, 11) is 0. The van der Waals surface area contributed by atoms with Gasteiger partial charge in [-0.05, 0) is 49.5 Å². The Kier molecular flexibility index (Phi) is 5.53. The number of nitrogens with one attached hydrogen (secondary N) is 1.